The van der Waals surface area contributed by atoms with Crippen LogP contribution in [-0.2, 0) is 4.74 Å². The van der Waals surface area contributed by atoms with E-state index in [2.05, 4.69) is 10.3 Å². The van der Waals surface area contributed by atoms with Crippen LogP contribution in [0.3, 0.4) is 0 Å². The molecule has 5 nitrogen and oxygen atoms in total. The number of ether oxygens (including phenoxy) is 1. The topological polar surface area (TPSA) is 59.0 Å². The number of H-pyrrole nitrogens is 1. The first-order chi connectivity index (χ1) is 9.26. The molecule has 1 aromatic carbocycles. The number of aromatic nitrogens is 2. The van der Waals surface area contributed by atoms with Crippen LogP contribution in [-0.4, -0.2) is 28.8 Å². The van der Waals surface area contributed by atoms with Gasteiger partial charge in [0.15, 0.2) is 0 Å². The SMILES string of the molecule is COC1CC(Nc2ccc(-n3cc[nH]c3=O)cc2)C1. The molecule has 1 fully saturated rings. The van der Waals surface area contributed by atoms with Crippen LogP contribution in [0.25, 0.3) is 5.69 Å². The molecule has 0 saturated heterocycles. The van der Waals surface area contributed by atoms with Gasteiger partial charge in [-0.05, 0) is 37.1 Å². The summed E-state index contributed by atoms with van der Waals surface area (Å²) in [5.41, 5.74) is 1.81. The summed E-state index contributed by atoms with van der Waals surface area (Å²) in [7, 11) is 1.75. The second kappa shape index (κ2) is 4.93. The van der Waals surface area contributed by atoms with Crippen molar-refractivity contribution in [1.82, 2.24) is 9.55 Å². The second-order valence-corrected chi connectivity index (χ2v) is 4.85. The van der Waals surface area contributed by atoms with Gasteiger partial charge in [0.1, 0.15) is 0 Å². The van der Waals surface area contributed by atoms with E-state index in [-0.39, 0.29) is 5.69 Å². The van der Waals surface area contributed by atoms with Crippen LogP contribution < -0.4 is 11.0 Å². The maximum atomic E-state index is 11.5. The molecular weight excluding hydrogens is 242 g/mol. The van der Waals surface area contributed by atoms with Crippen molar-refractivity contribution < 1.29 is 4.74 Å². The number of hydrogen-bond donors (Lipinski definition) is 2. The lowest BCUT2D eigenvalue weighted by Gasteiger charge is -2.35. The molecule has 19 heavy (non-hydrogen) atoms. The fraction of sp³-hybridized carbons (Fsp3) is 0.357. The quantitative estimate of drug-likeness (QED) is 0.879. The van der Waals surface area contributed by atoms with E-state index >= 15 is 0 Å². The molecule has 1 saturated carbocycles. The summed E-state index contributed by atoms with van der Waals surface area (Å²) >= 11 is 0. The number of methoxy groups -OCH3 is 1. The summed E-state index contributed by atoms with van der Waals surface area (Å²) in [6, 6.07) is 8.35. The molecule has 1 heterocycles. The van der Waals surface area contributed by atoms with Gasteiger partial charge in [0.05, 0.1) is 11.8 Å². The Morgan fingerprint density at radius 3 is 2.63 bits per heavy atom. The van der Waals surface area contributed by atoms with E-state index in [1.54, 1.807) is 24.1 Å². The summed E-state index contributed by atoms with van der Waals surface area (Å²) in [6.45, 7) is 0. The molecule has 0 aliphatic heterocycles. The Morgan fingerprint density at radius 2 is 2.05 bits per heavy atom. The molecule has 5 heteroatoms. The predicted molar refractivity (Wildman–Crippen MR) is 73.8 cm³/mol. The Hall–Kier alpha value is -2.01. The summed E-state index contributed by atoms with van der Waals surface area (Å²) in [4.78, 5) is 14.1. The third-order valence-corrected chi connectivity index (χ3v) is 3.59. The first-order valence-electron chi connectivity index (χ1n) is 6.42. The number of aromatic amines is 1. The van der Waals surface area contributed by atoms with E-state index in [1.807, 2.05) is 24.3 Å². The van der Waals surface area contributed by atoms with Crippen molar-refractivity contribution >= 4 is 5.69 Å². The number of imidazole rings is 1. The molecule has 0 radical (unpaired) electrons. The van der Waals surface area contributed by atoms with Gasteiger partial charge in [-0.3, -0.25) is 4.57 Å². The Balaban J connectivity index is 1.67. The van der Waals surface area contributed by atoms with Gasteiger partial charge < -0.3 is 15.0 Å². The van der Waals surface area contributed by atoms with Crippen molar-refractivity contribution in [1.29, 1.82) is 0 Å². The van der Waals surface area contributed by atoms with Crippen molar-refractivity contribution in [3.63, 3.8) is 0 Å². The predicted octanol–water partition coefficient (Wildman–Crippen LogP) is 1.75. The molecule has 1 aromatic heterocycles. The highest BCUT2D eigenvalue weighted by Gasteiger charge is 2.28. The monoisotopic (exact) mass is 259 g/mol. The van der Waals surface area contributed by atoms with E-state index in [9.17, 15) is 4.79 Å². The van der Waals surface area contributed by atoms with Crippen LogP contribution in [0.1, 0.15) is 12.8 Å². The lowest BCUT2D eigenvalue weighted by molar-refractivity contribution is 0.0329. The zero-order valence-corrected chi connectivity index (χ0v) is 10.8. The van der Waals surface area contributed by atoms with Gasteiger partial charge in [0.25, 0.3) is 0 Å². The van der Waals surface area contributed by atoms with Crippen LogP contribution in [0, 0.1) is 0 Å². The fourth-order valence-electron chi connectivity index (χ4n) is 2.35. The zero-order chi connectivity index (χ0) is 13.2. The minimum atomic E-state index is -0.123. The van der Waals surface area contributed by atoms with E-state index in [0.29, 0.717) is 12.1 Å². The Labute approximate surface area is 111 Å². The maximum Gasteiger partial charge on any atom is 0.330 e. The maximum absolute atomic E-state index is 11.5. The molecule has 0 bridgehead atoms. The van der Waals surface area contributed by atoms with Gasteiger partial charge >= 0.3 is 5.69 Å². The number of benzene rings is 1. The first kappa shape index (κ1) is 12.0. The van der Waals surface area contributed by atoms with Gasteiger partial charge in [0.2, 0.25) is 0 Å². The molecule has 3 rings (SSSR count). The van der Waals surface area contributed by atoms with Gasteiger partial charge in [-0.2, -0.15) is 0 Å². The van der Waals surface area contributed by atoms with E-state index in [0.717, 1.165) is 24.2 Å². The van der Waals surface area contributed by atoms with Gasteiger partial charge in [-0.25, -0.2) is 4.79 Å². The van der Waals surface area contributed by atoms with Crippen LogP contribution in [0.4, 0.5) is 5.69 Å². The lowest BCUT2D eigenvalue weighted by Crippen LogP contribution is -2.40. The van der Waals surface area contributed by atoms with Crippen molar-refractivity contribution in [2.24, 2.45) is 0 Å². The highest BCUT2D eigenvalue weighted by molar-refractivity contribution is 5.49. The van der Waals surface area contributed by atoms with Crippen molar-refractivity contribution in [3.8, 4) is 5.69 Å². The fourth-order valence-corrected chi connectivity index (χ4v) is 2.35. The highest BCUT2D eigenvalue weighted by Crippen LogP contribution is 2.26. The molecule has 2 aromatic rings. The molecule has 0 unspecified atom stereocenters. The second-order valence-electron chi connectivity index (χ2n) is 4.85. The van der Waals surface area contributed by atoms with Crippen molar-refractivity contribution in [2.45, 2.75) is 25.0 Å². The summed E-state index contributed by atoms with van der Waals surface area (Å²) < 4.78 is 6.83. The number of nitrogens with one attached hydrogen (secondary N) is 2. The van der Waals surface area contributed by atoms with E-state index in [1.165, 1.54) is 0 Å². The van der Waals surface area contributed by atoms with Crippen molar-refractivity contribution in [2.75, 3.05) is 12.4 Å². The van der Waals surface area contributed by atoms with Crippen LogP contribution >= 0.6 is 0 Å². The molecule has 1 aliphatic rings. The smallest absolute Gasteiger partial charge is 0.330 e. The van der Waals surface area contributed by atoms with Crippen LogP contribution in [0.15, 0.2) is 41.5 Å². The van der Waals surface area contributed by atoms with Gasteiger partial charge in [-0.1, -0.05) is 0 Å². The highest BCUT2D eigenvalue weighted by atomic mass is 16.5. The number of hydrogen-bond acceptors (Lipinski definition) is 3. The largest absolute Gasteiger partial charge is 0.382 e. The molecule has 0 spiro atoms. The van der Waals surface area contributed by atoms with E-state index in [4.69, 9.17) is 4.74 Å². The Kier molecular flexibility index (Phi) is 3.13. The van der Waals surface area contributed by atoms with Gasteiger partial charge in [-0.15, -0.1) is 0 Å². The van der Waals surface area contributed by atoms with Gasteiger partial charge in [0, 0.05) is 31.2 Å². The van der Waals surface area contributed by atoms with Crippen LogP contribution in [0.5, 0.6) is 0 Å². The normalized spacial score (nSPS) is 21.9. The summed E-state index contributed by atoms with van der Waals surface area (Å²) in [5, 5.41) is 3.45. The molecular formula is C14H17N3O2. The number of anilines is 1. The third kappa shape index (κ3) is 2.42. The average Bonchev–Trinajstić information content (AvgIpc) is 2.80. The summed E-state index contributed by atoms with van der Waals surface area (Å²) in [5.74, 6) is 0. The lowest BCUT2D eigenvalue weighted by atomic mass is 9.89. The Bertz CT molecular complexity index is 594. The molecule has 2 N–H and O–H groups in total. The minimum absolute atomic E-state index is 0.123. The summed E-state index contributed by atoms with van der Waals surface area (Å²) in [6.07, 6.45) is 5.86. The Morgan fingerprint density at radius 1 is 1.32 bits per heavy atom. The molecule has 1 aliphatic carbocycles. The molecule has 0 atom stereocenters. The third-order valence-electron chi connectivity index (χ3n) is 3.59. The first-order valence-corrected chi connectivity index (χ1v) is 6.42. The van der Waals surface area contributed by atoms with E-state index < -0.39 is 0 Å². The zero-order valence-electron chi connectivity index (χ0n) is 10.8. The standard InChI is InChI=1S/C14H17N3O2/c1-19-13-8-11(9-13)16-10-2-4-12(5-3-10)17-7-6-15-14(17)18/h2-7,11,13,16H,8-9H2,1H3,(H,15,18). The number of nitrogens with zero attached hydrogens (tertiary/aromatic N) is 1. The molecule has 0 amide bonds. The van der Waals surface area contributed by atoms with Crippen LogP contribution in [0.2, 0.25) is 0 Å². The van der Waals surface area contributed by atoms with Crippen molar-refractivity contribution in [3.05, 3.63) is 47.1 Å². The minimum Gasteiger partial charge on any atom is -0.382 e. The number of rotatable bonds is 4. The molecule has 100 valence electrons. The average molecular weight is 259 g/mol.